The van der Waals surface area contributed by atoms with Gasteiger partial charge >= 0.3 is 5.97 Å². The summed E-state index contributed by atoms with van der Waals surface area (Å²) >= 11 is 0. The molecule has 2 rings (SSSR count). The zero-order valence-corrected chi connectivity index (χ0v) is 21.5. The molecule has 194 valence electrons. The van der Waals surface area contributed by atoms with Crippen LogP contribution in [0.25, 0.3) is 0 Å². The van der Waals surface area contributed by atoms with E-state index in [0.717, 1.165) is 5.56 Å². The Morgan fingerprint density at radius 1 is 1.23 bits per heavy atom. The summed E-state index contributed by atoms with van der Waals surface area (Å²) in [6, 6.07) is 8.89. The van der Waals surface area contributed by atoms with Crippen LogP contribution in [0.2, 0.25) is 0 Å². The summed E-state index contributed by atoms with van der Waals surface area (Å²) in [5, 5.41) is 15.7. The first-order valence-corrected chi connectivity index (χ1v) is 12.2. The molecule has 5 atom stereocenters. The van der Waals surface area contributed by atoms with Gasteiger partial charge in [0.1, 0.15) is 12.1 Å². The molecule has 0 aromatic heterocycles. The molecule has 1 aliphatic rings. The number of methoxy groups -OCH3 is 1. The first-order valence-electron chi connectivity index (χ1n) is 12.2. The molecular weight excluding hydrogens is 448 g/mol. The highest BCUT2D eigenvalue weighted by Crippen LogP contribution is 2.24. The lowest BCUT2D eigenvalue weighted by atomic mass is 9.95. The van der Waals surface area contributed by atoms with Crippen molar-refractivity contribution in [3.8, 4) is 0 Å². The molecule has 1 aromatic carbocycles. The van der Waals surface area contributed by atoms with Crippen LogP contribution in [0.4, 0.5) is 0 Å². The Kier molecular flexibility index (Phi) is 10.9. The van der Waals surface area contributed by atoms with Gasteiger partial charge in [0.2, 0.25) is 5.91 Å². The predicted molar refractivity (Wildman–Crippen MR) is 133 cm³/mol. The highest BCUT2D eigenvalue weighted by atomic mass is 16.6. The number of hydrogen-bond donors (Lipinski definition) is 3. The number of aliphatic hydroxyl groups is 1. The van der Waals surface area contributed by atoms with E-state index in [-0.39, 0.29) is 23.8 Å². The number of ether oxygens (including phenoxy) is 2. The second-order valence-electron chi connectivity index (χ2n) is 10.2. The Morgan fingerprint density at radius 2 is 1.91 bits per heavy atom. The maximum atomic E-state index is 12.6. The van der Waals surface area contributed by atoms with E-state index in [1.165, 1.54) is 7.11 Å². The average molecular weight is 489 g/mol. The number of carbonyl (C=O) groups is 3. The van der Waals surface area contributed by atoms with E-state index < -0.39 is 36.2 Å². The molecule has 8 nitrogen and oxygen atoms in total. The fraction of sp³-hybridized carbons (Fsp3) is 0.593. The molecule has 1 fully saturated rings. The van der Waals surface area contributed by atoms with Crippen molar-refractivity contribution in [3.05, 3.63) is 48.0 Å². The van der Waals surface area contributed by atoms with Crippen LogP contribution in [-0.2, 0) is 30.3 Å². The Hall–Kier alpha value is -2.71. The number of nitrogens with one attached hydrogen (secondary N) is 2. The van der Waals surface area contributed by atoms with Crippen LogP contribution in [0, 0.1) is 11.3 Å². The van der Waals surface area contributed by atoms with Crippen molar-refractivity contribution in [3.63, 3.8) is 0 Å². The van der Waals surface area contributed by atoms with Gasteiger partial charge in [0, 0.05) is 7.11 Å². The van der Waals surface area contributed by atoms with Crippen molar-refractivity contribution < 1.29 is 29.0 Å². The van der Waals surface area contributed by atoms with Crippen LogP contribution in [0.1, 0.15) is 52.5 Å². The summed E-state index contributed by atoms with van der Waals surface area (Å²) in [6.07, 6.45) is 3.63. The van der Waals surface area contributed by atoms with E-state index in [1.807, 2.05) is 36.4 Å². The van der Waals surface area contributed by atoms with Gasteiger partial charge in [-0.3, -0.25) is 14.4 Å². The van der Waals surface area contributed by atoms with Gasteiger partial charge in [0.05, 0.1) is 18.6 Å². The summed E-state index contributed by atoms with van der Waals surface area (Å²) in [5.41, 5.74) is 1.11. The minimum atomic E-state index is -1.08. The Morgan fingerprint density at radius 3 is 2.54 bits per heavy atom. The van der Waals surface area contributed by atoms with Gasteiger partial charge in [-0.2, -0.15) is 0 Å². The van der Waals surface area contributed by atoms with Crippen LogP contribution in [0.15, 0.2) is 42.5 Å². The number of rotatable bonds is 12. The minimum Gasteiger partial charge on any atom is -0.460 e. The fourth-order valence-corrected chi connectivity index (χ4v) is 3.94. The quantitative estimate of drug-likeness (QED) is 0.308. The van der Waals surface area contributed by atoms with Crippen LogP contribution >= 0.6 is 0 Å². The monoisotopic (exact) mass is 488 g/mol. The number of amides is 2. The minimum absolute atomic E-state index is 0.0470. The molecule has 0 aliphatic carbocycles. The van der Waals surface area contributed by atoms with E-state index in [9.17, 15) is 19.5 Å². The van der Waals surface area contributed by atoms with Gasteiger partial charge in [-0.15, -0.1) is 0 Å². The number of esters is 1. The summed E-state index contributed by atoms with van der Waals surface area (Å²) in [4.78, 5) is 37.3. The molecule has 1 aliphatic heterocycles. The zero-order chi connectivity index (χ0) is 26.0. The average Bonchev–Trinajstić information content (AvgIpc) is 3.14. The van der Waals surface area contributed by atoms with Crippen LogP contribution in [-0.4, -0.2) is 60.9 Å². The second-order valence-corrected chi connectivity index (χ2v) is 10.2. The number of benzene rings is 1. The van der Waals surface area contributed by atoms with Crippen LogP contribution in [0.5, 0.6) is 0 Å². The molecular formula is C27H40N2O6. The highest BCUT2D eigenvalue weighted by molar-refractivity contribution is 5.89. The van der Waals surface area contributed by atoms with Crippen molar-refractivity contribution in [2.45, 2.75) is 77.7 Å². The van der Waals surface area contributed by atoms with Crippen molar-refractivity contribution >= 4 is 17.8 Å². The van der Waals surface area contributed by atoms with Gasteiger partial charge in [0.25, 0.3) is 5.91 Å². The maximum Gasteiger partial charge on any atom is 0.309 e. The standard InChI is InChI=1S/C27H40N2O6/c1-18(29-25(32)23(34-5)22(30)13-9-10-14-27(2,3)4)24(31)28-17-21-16-20(26(33)35-21)15-19-11-7-6-8-12-19/h6-8,10-12,14,18,20-23,30H,9,13,15-17H2,1-5H3,(H,28,31)(H,29,32)/b14-10+/t18-,20?,21?,22?,23+/m0/s1. The lowest BCUT2D eigenvalue weighted by Crippen LogP contribution is -2.52. The van der Waals surface area contributed by atoms with Crippen molar-refractivity contribution in [1.82, 2.24) is 10.6 Å². The van der Waals surface area contributed by atoms with E-state index in [1.54, 1.807) is 6.92 Å². The molecule has 0 radical (unpaired) electrons. The maximum absolute atomic E-state index is 12.6. The van der Waals surface area contributed by atoms with Crippen LogP contribution < -0.4 is 10.6 Å². The fourth-order valence-electron chi connectivity index (χ4n) is 3.94. The molecule has 8 heteroatoms. The Labute approximate surface area is 208 Å². The topological polar surface area (TPSA) is 114 Å². The van der Waals surface area contributed by atoms with E-state index >= 15 is 0 Å². The largest absolute Gasteiger partial charge is 0.460 e. The van der Waals surface area contributed by atoms with Crippen LogP contribution in [0.3, 0.4) is 0 Å². The number of allylic oxidation sites excluding steroid dienone is 2. The summed E-state index contributed by atoms with van der Waals surface area (Å²) in [6.45, 7) is 7.97. The lowest BCUT2D eigenvalue weighted by Gasteiger charge is -2.23. The third kappa shape index (κ3) is 9.82. The molecule has 1 saturated heterocycles. The van der Waals surface area contributed by atoms with Gasteiger partial charge in [-0.25, -0.2) is 0 Å². The smallest absolute Gasteiger partial charge is 0.309 e. The lowest BCUT2D eigenvalue weighted by molar-refractivity contribution is -0.144. The molecule has 3 N–H and O–H groups in total. The number of cyclic esters (lactones) is 1. The van der Waals surface area contributed by atoms with Crippen molar-refractivity contribution in [1.29, 1.82) is 0 Å². The Bertz CT molecular complexity index is 864. The number of carbonyl (C=O) groups excluding carboxylic acids is 3. The molecule has 2 amide bonds. The van der Waals surface area contributed by atoms with E-state index in [0.29, 0.717) is 25.7 Å². The molecule has 0 bridgehead atoms. The highest BCUT2D eigenvalue weighted by Gasteiger charge is 2.35. The molecule has 0 saturated carbocycles. The summed E-state index contributed by atoms with van der Waals surface area (Å²) in [7, 11) is 1.35. The van der Waals surface area contributed by atoms with Gasteiger partial charge in [-0.05, 0) is 43.6 Å². The molecule has 1 heterocycles. The molecule has 1 aromatic rings. The number of hydrogen-bond acceptors (Lipinski definition) is 6. The first-order chi connectivity index (χ1) is 16.5. The first kappa shape index (κ1) is 28.5. The molecule has 3 unspecified atom stereocenters. The number of aliphatic hydroxyl groups excluding tert-OH is 1. The predicted octanol–water partition coefficient (Wildman–Crippen LogP) is 2.54. The Balaban J connectivity index is 1.76. The molecule has 35 heavy (non-hydrogen) atoms. The van der Waals surface area contributed by atoms with Crippen molar-refractivity contribution in [2.24, 2.45) is 11.3 Å². The van der Waals surface area contributed by atoms with Gasteiger partial charge in [0.15, 0.2) is 6.10 Å². The molecule has 0 spiro atoms. The summed E-state index contributed by atoms with van der Waals surface area (Å²) < 4.78 is 10.6. The third-order valence-corrected chi connectivity index (χ3v) is 5.85. The zero-order valence-electron chi connectivity index (χ0n) is 21.5. The summed E-state index contributed by atoms with van der Waals surface area (Å²) in [5.74, 6) is -1.46. The van der Waals surface area contributed by atoms with E-state index in [4.69, 9.17) is 9.47 Å². The SMILES string of the molecule is CO[C@@H](C(=O)N[C@@H](C)C(=O)NCC1CC(Cc2ccccc2)C(=O)O1)C(O)CC/C=C/C(C)(C)C. The van der Waals surface area contributed by atoms with Gasteiger partial charge < -0.3 is 25.2 Å². The van der Waals surface area contributed by atoms with Crippen molar-refractivity contribution in [2.75, 3.05) is 13.7 Å². The third-order valence-electron chi connectivity index (χ3n) is 5.85. The van der Waals surface area contributed by atoms with Gasteiger partial charge in [-0.1, -0.05) is 63.3 Å². The van der Waals surface area contributed by atoms with E-state index in [2.05, 4.69) is 37.5 Å². The second kappa shape index (κ2) is 13.4. The normalized spacial score (nSPS) is 20.8.